The average Bonchev–Trinajstić information content (AvgIpc) is 2.58. The molecule has 0 spiro atoms. The van der Waals surface area contributed by atoms with Crippen molar-refractivity contribution in [1.29, 1.82) is 0 Å². The third-order valence-corrected chi connectivity index (χ3v) is 3.90. The zero-order chi connectivity index (χ0) is 16.4. The molecule has 1 aliphatic rings. The molecule has 0 bridgehead atoms. The van der Waals surface area contributed by atoms with E-state index in [1.165, 1.54) is 4.90 Å². The summed E-state index contributed by atoms with van der Waals surface area (Å²) in [7, 11) is 1.54. The van der Waals surface area contributed by atoms with Crippen LogP contribution in [0.5, 0.6) is 0 Å². The van der Waals surface area contributed by atoms with Crippen LogP contribution in [0.25, 0.3) is 0 Å². The average molecular weight is 308 g/mol. The van der Waals surface area contributed by atoms with Crippen molar-refractivity contribution in [3.05, 3.63) is 70.8 Å². The quantitative estimate of drug-likeness (QED) is 0.879. The fraction of sp³-hybridized carbons (Fsp3) is 0.167. The lowest BCUT2D eigenvalue weighted by molar-refractivity contribution is -0.128. The van der Waals surface area contributed by atoms with Gasteiger partial charge >= 0.3 is 0 Å². The molecule has 0 aliphatic carbocycles. The summed E-state index contributed by atoms with van der Waals surface area (Å²) in [6, 6.07) is 14.2. The van der Waals surface area contributed by atoms with E-state index in [1.807, 2.05) is 30.3 Å². The van der Waals surface area contributed by atoms with Crippen LogP contribution in [0, 0.1) is 0 Å². The van der Waals surface area contributed by atoms with Gasteiger partial charge in [0.15, 0.2) is 0 Å². The highest BCUT2D eigenvalue weighted by Gasteiger charge is 2.31. The van der Waals surface area contributed by atoms with Crippen LogP contribution in [0.1, 0.15) is 31.8 Å². The molecule has 1 N–H and O–H groups in total. The van der Waals surface area contributed by atoms with Gasteiger partial charge < -0.3 is 5.32 Å². The van der Waals surface area contributed by atoms with Gasteiger partial charge in [-0.1, -0.05) is 30.3 Å². The van der Waals surface area contributed by atoms with Gasteiger partial charge in [0, 0.05) is 18.2 Å². The number of amides is 3. The first-order valence-electron chi connectivity index (χ1n) is 7.34. The smallest absolute Gasteiger partial charge is 0.261 e. The SMILES string of the molecule is CNC(=O)c1ccc2c(c1)CC(=O)N(Cc1ccccc1)C2=O. The molecule has 0 fully saturated rings. The number of benzene rings is 2. The maximum atomic E-state index is 12.6. The lowest BCUT2D eigenvalue weighted by Crippen LogP contribution is -2.41. The molecule has 2 aromatic carbocycles. The second-order valence-electron chi connectivity index (χ2n) is 5.40. The van der Waals surface area contributed by atoms with Gasteiger partial charge in [-0.15, -0.1) is 0 Å². The molecule has 1 aliphatic heterocycles. The van der Waals surface area contributed by atoms with Crippen molar-refractivity contribution in [3.63, 3.8) is 0 Å². The summed E-state index contributed by atoms with van der Waals surface area (Å²) in [5, 5.41) is 2.53. The number of rotatable bonds is 3. The van der Waals surface area contributed by atoms with Crippen molar-refractivity contribution >= 4 is 17.7 Å². The van der Waals surface area contributed by atoms with Gasteiger partial charge in [-0.25, -0.2) is 0 Å². The van der Waals surface area contributed by atoms with Gasteiger partial charge in [0.25, 0.3) is 11.8 Å². The van der Waals surface area contributed by atoms with Crippen LogP contribution in [-0.2, 0) is 17.8 Å². The number of imide groups is 1. The first-order chi connectivity index (χ1) is 11.1. The van der Waals surface area contributed by atoms with Crippen molar-refractivity contribution in [2.75, 3.05) is 7.05 Å². The number of nitrogens with zero attached hydrogens (tertiary/aromatic N) is 1. The number of nitrogens with one attached hydrogen (secondary N) is 1. The Balaban J connectivity index is 1.90. The van der Waals surface area contributed by atoms with E-state index in [0.717, 1.165) is 5.56 Å². The van der Waals surface area contributed by atoms with E-state index >= 15 is 0 Å². The van der Waals surface area contributed by atoms with Crippen LogP contribution in [0.4, 0.5) is 0 Å². The van der Waals surface area contributed by atoms with Crippen LogP contribution in [0.2, 0.25) is 0 Å². The molecule has 0 unspecified atom stereocenters. The Labute approximate surface area is 133 Å². The Morgan fingerprint density at radius 1 is 1.13 bits per heavy atom. The minimum absolute atomic E-state index is 0.124. The summed E-state index contributed by atoms with van der Waals surface area (Å²) >= 11 is 0. The van der Waals surface area contributed by atoms with Crippen molar-refractivity contribution in [3.8, 4) is 0 Å². The first-order valence-corrected chi connectivity index (χ1v) is 7.34. The summed E-state index contributed by atoms with van der Waals surface area (Å²) in [5.41, 5.74) is 2.43. The highest BCUT2D eigenvalue weighted by molar-refractivity contribution is 6.10. The maximum Gasteiger partial charge on any atom is 0.261 e. The fourth-order valence-electron chi connectivity index (χ4n) is 2.68. The van der Waals surface area contributed by atoms with E-state index in [2.05, 4.69) is 5.32 Å². The molecule has 2 aromatic rings. The number of hydrogen-bond acceptors (Lipinski definition) is 3. The molecular weight excluding hydrogens is 292 g/mol. The minimum atomic E-state index is -0.316. The Bertz CT molecular complexity index is 784. The van der Waals surface area contributed by atoms with E-state index in [1.54, 1.807) is 25.2 Å². The fourth-order valence-corrected chi connectivity index (χ4v) is 2.68. The predicted molar refractivity (Wildman–Crippen MR) is 84.9 cm³/mol. The summed E-state index contributed by atoms with van der Waals surface area (Å²) in [6.07, 6.45) is 0.124. The van der Waals surface area contributed by atoms with E-state index < -0.39 is 0 Å². The molecule has 3 amide bonds. The van der Waals surface area contributed by atoms with Gasteiger partial charge in [-0.3, -0.25) is 19.3 Å². The molecule has 0 aromatic heterocycles. The Morgan fingerprint density at radius 3 is 2.57 bits per heavy atom. The molecule has 23 heavy (non-hydrogen) atoms. The van der Waals surface area contributed by atoms with Crippen LogP contribution in [0.15, 0.2) is 48.5 Å². The standard InChI is InChI=1S/C18H16N2O3/c1-19-17(22)13-7-8-15-14(9-13)10-16(21)20(18(15)23)11-12-5-3-2-4-6-12/h2-9H,10-11H2,1H3,(H,19,22). The van der Waals surface area contributed by atoms with Crippen LogP contribution >= 0.6 is 0 Å². The molecule has 0 saturated carbocycles. The molecule has 0 saturated heterocycles. The summed E-state index contributed by atoms with van der Waals surface area (Å²) in [4.78, 5) is 37.9. The zero-order valence-corrected chi connectivity index (χ0v) is 12.7. The monoisotopic (exact) mass is 308 g/mol. The largest absolute Gasteiger partial charge is 0.355 e. The van der Waals surface area contributed by atoms with E-state index in [0.29, 0.717) is 16.7 Å². The Hall–Kier alpha value is -2.95. The van der Waals surface area contributed by atoms with Crippen LogP contribution in [-0.4, -0.2) is 29.7 Å². The Kier molecular flexibility index (Phi) is 3.93. The highest BCUT2D eigenvalue weighted by Crippen LogP contribution is 2.23. The van der Waals surface area contributed by atoms with E-state index in [-0.39, 0.29) is 30.7 Å². The van der Waals surface area contributed by atoms with Crippen molar-refractivity contribution < 1.29 is 14.4 Å². The molecule has 1 heterocycles. The molecule has 5 nitrogen and oxygen atoms in total. The number of hydrogen-bond donors (Lipinski definition) is 1. The van der Waals surface area contributed by atoms with E-state index in [4.69, 9.17) is 0 Å². The predicted octanol–water partition coefficient (Wildman–Crippen LogP) is 1.77. The van der Waals surface area contributed by atoms with Gasteiger partial charge in [-0.2, -0.15) is 0 Å². The van der Waals surface area contributed by atoms with Crippen molar-refractivity contribution in [2.45, 2.75) is 13.0 Å². The van der Waals surface area contributed by atoms with Gasteiger partial charge in [0.1, 0.15) is 0 Å². The molecule has 0 radical (unpaired) electrons. The summed E-state index contributed by atoms with van der Waals surface area (Å²) < 4.78 is 0. The van der Waals surface area contributed by atoms with Crippen LogP contribution < -0.4 is 5.32 Å². The van der Waals surface area contributed by atoms with Gasteiger partial charge in [-0.05, 0) is 29.3 Å². The van der Waals surface area contributed by atoms with Gasteiger partial charge in [0.2, 0.25) is 5.91 Å². The zero-order valence-electron chi connectivity index (χ0n) is 12.7. The van der Waals surface area contributed by atoms with Gasteiger partial charge in [0.05, 0.1) is 13.0 Å². The highest BCUT2D eigenvalue weighted by atomic mass is 16.2. The third kappa shape index (κ3) is 2.85. The molecular formula is C18H16N2O3. The van der Waals surface area contributed by atoms with Crippen molar-refractivity contribution in [2.24, 2.45) is 0 Å². The summed E-state index contributed by atoms with van der Waals surface area (Å²) in [6.45, 7) is 0.259. The van der Waals surface area contributed by atoms with E-state index in [9.17, 15) is 14.4 Å². The number of carbonyl (C=O) groups excluding carboxylic acids is 3. The topological polar surface area (TPSA) is 66.5 Å². The summed E-state index contributed by atoms with van der Waals surface area (Å²) in [5.74, 6) is -0.802. The third-order valence-electron chi connectivity index (χ3n) is 3.90. The second-order valence-corrected chi connectivity index (χ2v) is 5.40. The normalized spacial score (nSPS) is 13.7. The molecule has 5 heteroatoms. The second kappa shape index (κ2) is 6.04. The number of fused-ring (bicyclic) bond motifs is 1. The maximum absolute atomic E-state index is 12.6. The molecule has 116 valence electrons. The van der Waals surface area contributed by atoms with Crippen molar-refractivity contribution in [1.82, 2.24) is 10.2 Å². The number of carbonyl (C=O) groups is 3. The lowest BCUT2D eigenvalue weighted by atomic mass is 9.95. The molecule has 3 rings (SSSR count). The Morgan fingerprint density at radius 2 is 1.87 bits per heavy atom. The lowest BCUT2D eigenvalue weighted by Gasteiger charge is -2.27. The minimum Gasteiger partial charge on any atom is -0.355 e. The first kappa shape index (κ1) is 15.0. The molecule has 0 atom stereocenters. The van der Waals surface area contributed by atoms with Crippen LogP contribution in [0.3, 0.4) is 0 Å².